The average molecular weight is 520 g/mol. The van der Waals surface area contributed by atoms with Crippen LogP contribution in [0.15, 0.2) is 47.4 Å². The highest BCUT2D eigenvalue weighted by Gasteiger charge is 2.35. The van der Waals surface area contributed by atoms with E-state index in [1.54, 1.807) is 17.0 Å². The molecule has 10 nitrogen and oxygen atoms in total. The van der Waals surface area contributed by atoms with Crippen LogP contribution in [0.5, 0.6) is 0 Å². The zero-order valence-electron chi connectivity index (χ0n) is 20.1. The van der Waals surface area contributed by atoms with Gasteiger partial charge in [0.25, 0.3) is 0 Å². The summed E-state index contributed by atoms with van der Waals surface area (Å²) in [6, 6.07) is 10.6. The van der Waals surface area contributed by atoms with Gasteiger partial charge in [0.1, 0.15) is 6.04 Å². The molecule has 3 N–H and O–H groups in total. The van der Waals surface area contributed by atoms with Crippen molar-refractivity contribution in [1.82, 2.24) is 14.5 Å². The summed E-state index contributed by atoms with van der Waals surface area (Å²) in [4.78, 5) is 27.3. The van der Waals surface area contributed by atoms with E-state index in [1.807, 2.05) is 24.3 Å². The van der Waals surface area contributed by atoms with Crippen molar-refractivity contribution in [2.75, 3.05) is 39.5 Å². The minimum Gasteiger partial charge on any atom is -0.465 e. The number of carboxylic acid groups (broad SMARTS) is 1. The first-order valence-corrected chi connectivity index (χ1v) is 13.7. The van der Waals surface area contributed by atoms with Crippen molar-refractivity contribution in [2.24, 2.45) is 5.92 Å². The van der Waals surface area contributed by atoms with Crippen molar-refractivity contribution in [3.8, 4) is 0 Å². The number of amides is 2. The minimum atomic E-state index is -4.03. The lowest BCUT2D eigenvalue weighted by atomic mass is 9.98. The van der Waals surface area contributed by atoms with Gasteiger partial charge >= 0.3 is 6.09 Å². The Morgan fingerprint density at radius 3 is 2.44 bits per heavy atom. The van der Waals surface area contributed by atoms with Gasteiger partial charge in [-0.25, -0.2) is 13.2 Å². The van der Waals surface area contributed by atoms with Gasteiger partial charge in [-0.15, -0.1) is 0 Å². The van der Waals surface area contributed by atoms with E-state index >= 15 is 0 Å². The number of fused-ring (bicyclic) bond motifs is 1. The molecular weight excluding hydrogens is 486 g/mol. The summed E-state index contributed by atoms with van der Waals surface area (Å²) >= 11 is 0. The molecule has 36 heavy (non-hydrogen) atoms. The molecule has 2 aliphatic heterocycles. The van der Waals surface area contributed by atoms with Crippen LogP contribution in [-0.4, -0.2) is 92.0 Å². The number of likely N-dealkylation sites (tertiary alicyclic amines) is 2. The van der Waals surface area contributed by atoms with Gasteiger partial charge in [0.2, 0.25) is 15.9 Å². The zero-order valence-corrected chi connectivity index (χ0v) is 20.9. The number of nitrogens with one attached hydrogen (secondary N) is 1. The highest BCUT2D eigenvalue weighted by atomic mass is 32.2. The summed E-state index contributed by atoms with van der Waals surface area (Å²) < 4.78 is 34.3. The number of hydrogen-bond donors (Lipinski definition) is 3. The van der Waals surface area contributed by atoms with Crippen molar-refractivity contribution < 1.29 is 33.0 Å². The highest BCUT2D eigenvalue weighted by molar-refractivity contribution is 7.89. The molecule has 0 aromatic heterocycles. The van der Waals surface area contributed by atoms with E-state index in [2.05, 4.69) is 4.72 Å². The predicted octanol–water partition coefficient (Wildman–Crippen LogP) is 1.88. The fourth-order valence-electron chi connectivity index (χ4n) is 4.92. The normalized spacial score (nSPS) is 20.1. The molecule has 2 aromatic carbocycles. The number of aliphatic hydroxyl groups excluding tert-OH is 1. The largest absolute Gasteiger partial charge is 0.465 e. The SMILES string of the molecule is O=C(O)N1CCC(COC[C@@H]2CCCN2C(=O)[C@H](CO)NS(=O)(=O)c2ccc3ccccc3c2)CC1. The first kappa shape index (κ1) is 26.3. The lowest BCUT2D eigenvalue weighted by Gasteiger charge is -2.31. The fourth-order valence-corrected chi connectivity index (χ4v) is 6.13. The molecule has 0 saturated carbocycles. The maximum Gasteiger partial charge on any atom is 0.407 e. The number of hydrogen-bond acceptors (Lipinski definition) is 6. The third-order valence-electron chi connectivity index (χ3n) is 7.02. The molecule has 2 aliphatic rings. The van der Waals surface area contributed by atoms with Crippen LogP contribution in [0.2, 0.25) is 0 Å². The van der Waals surface area contributed by atoms with E-state index in [-0.39, 0.29) is 16.9 Å². The average Bonchev–Trinajstić information content (AvgIpc) is 3.35. The topological polar surface area (TPSA) is 136 Å². The van der Waals surface area contributed by atoms with E-state index in [0.29, 0.717) is 32.8 Å². The molecule has 0 unspecified atom stereocenters. The number of ether oxygens (including phenoxy) is 1. The second-order valence-electron chi connectivity index (χ2n) is 9.44. The molecule has 2 aromatic rings. The second-order valence-corrected chi connectivity index (χ2v) is 11.2. The Hall–Kier alpha value is -2.73. The maximum absolute atomic E-state index is 13.2. The van der Waals surface area contributed by atoms with Gasteiger partial charge in [-0.2, -0.15) is 4.72 Å². The number of benzene rings is 2. The molecule has 0 spiro atoms. The lowest BCUT2D eigenvalue weighted by molar-refractivity contribution is -0.136. The van der Waals surface area contributed by atoms with E-state index < -0.39 is 34.7 Å². The van der Waals surface area contributed by atoms with Crippen LogP contribution >= 0.6 is 0 Å². The molecule has 2 atom stereocenters. The summed E-state index contributed by atoms with van der Waals surface area (Å²) in [7, 11) is -4.03. The molecule has 2 fully saturated rings. The number of piperidine rings is 1. The summed E-state index contributed by atoms with van der Waals surface area (Å²) in [5, 5.41) is 20.6. The number of carbonyl (C=O) groups is 2. The van der Waals surface area contributed by atoms with E-state index in [9.17, 15) is 23.1 Å². The molecule has 4 rings (SSSR count). The smallest absolute Gasteiger partial charge is 0.407 e. The summed E-state index contributed by atoms with van der Waals surface area (Å²) in [5.74, 6) is -0.201. The molecule has 2 saturated heterocycles. The number of rotatable bonds is 9. The molecule has 2 heterocycles. The standard InChI is InChI=1S/C25H33N3O7S/c29-15-23(26-36(33,34)22-8-7-19-4-1-2-5-20(19)14-22)24(30)28-11-3-6-21(28)17-35-16-18-9-12-27(13-10-18)25(31)32/h1-2,4-5,7-8,14,18,21,23,26,29H,3,6,9-13,15-17H2,(H,31,32)/t21-,23-/m0/s1. The number of aliphatic hydroxyl groups is 1. The zero-order chi connectivity index (χ0) is 25.7. The van der Waals surface area contributed by atoms with Crippen molar-refractivity contribution in [1.29, 1.82) is 0 Å². The Morgan fingerprint density at radius 1 is 1.03 bits per heavy atom. The Bertz CT molecular complexity index is 1180. The van der Waals surface area contributed by atoms with Gasteiger partial charge in [-0.1, -0.05) is 30.3 Å². The van der Waals surface area contributed by atoms with Crippen LogP contribution in [-0.2, 0) is 19.6 Å². The van der Waals surface area contributed by atoms with Crippen molar-refractivity contribution in [3.05, 3.63) is 42.5 Å². The molecule has 0 radical (unpaired) electrons. The molecule has 2 amide bonds. The molecule has 0 bridgehead atoms. The third kappa shape index (κ3) is 6.15. The Labute approximate surface area is 210 Å². The van der Waals surface area contributed by atoms with Gasteiger partial charge in [0.15, 0.2) is 0 Å². The molecule has 196 valence electrons. The van der Waals surface area contributed by atoms with Crippen molar-refractivity contribution in [2.45, 2.75) is 42.7 Å². The van der Waals surface area contributed by atoms with Crippen LogP contribution in [0.25, 0.3) is 10.8 Å². The minimum absolute atomic E-state index is 0.0303. The first-order chi connectivity index (χ1) is 17.3. The van der Waals surface area contributed by atoms with Gasteiger partial charge in [-0.05, 0) is 54.5 Å². The fraction of sp³-hybridized carbons (Fsp3) is 0.520. The number of carbonyl (C=O) groups excluding carboxylic acids is 1. The highest BCUT2D eigenvalue weighted by Crippen LogP contribution is 2.23. The Balaban J connectivity index is 1.33. The van der Waals surface area contributed by atoms with E-state index in [0.717, 1.165) is 36.5 Å². The van der Waals surface area contributed by atoms with Crippen molar-refractivity contribution in [3.63, 3.8) is 0 Å². The Kier molecular flexibility index (Phi) is 8.45. The molecular formula is C25H33N3O7S. The monoisotopic (exact) mass is 519 g/mol. The maximum atomic E-state index is 13.2. The van der Waals surface area contributed by atoms with Crippen LogP contribution < -0.4 is 4.72 Å². The van der Waals surface area contributed by atoms with Gasteiger partial charge < -0.3 is 24.7 Å². The predicted molar refractivity (Wildman–Crippen MR) is 133 cm³/mol. The second kappa shape index (κ2) is 11.5. The first-order valence-electron chi connectivity index (χ1n) is 12.3. The number of sulfonamides is 1. The van der Waals surface area contributed by atoms with Crippen LogP contribution in [0.4, 0.5) is 4.79 Å². The molecule has 0 aliphatic carbocycles. The third-order valence-corrected chi connectivity index (χ3v) is 8.49. The van der Waals surface area contributed by atoms with E-state index in [1.165, 1.54) is 11.0 Å². The van der Waals surface area contributed by atoms with Crippen LogP contribution in [0.1, 0.15) is 25.7 Å². The van der Waals surface area contributed by atoms with Gasteiger partial charge in [0, 0.05) is 26.2 Å². The summed E-state index contributed by atoms with van der Waals surface area (Å²) in [5.41, 5.74) is 0. The van der Waals surface area contributed by atoms with Crippen LogP contribution in [0, 0.1) is 5.92 Å². The van der Waals surface area contributed by atoms with Crippen molar-refractivity contribution >= 4 is 32.8 Å². The van der Waals surface area contributed by atoms with E-state index in [4.69, 9.17) is 9.84 Å². The summed E-state index contributed by atoms with van der Waals surface area (Å²) in [6.45, 7) is 1.61. The quantitative estimate of drug-likeness (QED) is 0.460. The Morgan fingerprint density at radius 2 is 1.75 bits per heavy atom. The van der Waals surface area contributed by atoms with Gasteiger partial charge in [0.05, 0.1) is 24.2 Å². The van der Waals surface area contributed by atoms with Crippen LogP contribution in [0.3, 0.4) is 0 Å². The molecule has 11 heteroatoms. The lowest BCUT2D eigenvalue weighted by Crippen LogP contribution is -2.52. The number of nitrogens with zero attached hydrogens (tertiary/aromatic N) is 2. The summed E-state index contributed by atoms with van der Waals surface area (Å²) in [6.07, 6.45) is 2.08. The van der Waals surface area contributed by atoms with Gasteiger partial charge in [-0.3, -0.25) is 4.79 Å².